The second-order valence-electron chi connectivity index (χ2n) is 8.51. The maximum atomic E-state index is 13.0. The quantitative estimate of drug-likeness (QED) is 0.673. The van der Waals surface area contributed by atoms with Crippen LogP contribution in [0.1, 0.15) is 53.4 Å². The van der Waals surface area contributed by atoms with Crippen molar-refractivity contribution in [3.05, 3.63) is 56.4 Å². The Morgan fingerprint density at radius 1 is 1.26 bits per heavy atom. The van der Waals surface area contributed by atoms with E-state index in [0.717, 1.165) is 66.0 Å². The number of amides is 1. The molecule has 1 fully saturated rings. The van der Waals surface area contributed by atoms with Crippen LogP contribution in [0.25, 0.3) is 10.2 Å². The van der Waals surface area contributed by atoms with Gasteiger partial charge in [-0.15, -0.1) is 11.3 Å². The minimum Gasteiger partial charge on any atom is -0.496 e. The van der Waals surface area contributed by atoms with E-state index in [-0.39, 0.29) is 17.4 Å². The van der Waals surface area contributed by atoms with Crippen molar-refractivity contribution in [2.24, 2.45) is 0 Å². The Balaban J connectivity index is 1.37. The van der Waals surface area contributed by atoms with Gasteiger partial charge < -0.3 is 14.6 Å². The SMILES string of the molecule is COc1ccccc1CC(=O)N1CCCC(c2nc3sc4c(c3c(=O)[nH]2)CCCC4)C1. The zero-order valence-corrected chi connectivity index (χ0v) is 18.6. The second kappa shape index (κ2) is 8.46. The highest BCUT2D eigenvalue weighted by Gasteiger charge is 2.28. The highest BCUT2D eigenvalue weighted by atomic mass is 32.1. The molecule has 3 heterocycles. The topological polar surface area (TPSA) is 75.3 Å². The fourth-order valence-electron chi connectivity index (χ4n) is 4.92. The third kappa shape index (κ3) is 3.87. The van der Waals surface area contributed by atoms with E-state index in [1.54, 1.807) is 18.4 Å². The van der Waals surface area contributed by atoms with Crippen LogP contribution >= 0.6 is 11.3 Å². The van der Waals surface area contributed by atoms with Gasteiger partial charge in [-0.25, -0.2) is 4.98 Å². The highest BCUT2D eigenvalue weighted by Crippen LogP contribution is 2.34. The molecule has 1 saturated heterocycles. The molecule has 162 valence electrons. The minimum absolute atomic E-state index is 0.0168. The Kier molecular flexibility index (Phi) is 5.52. The molecule has 7 heteroatoms. The van der Waals surface area contributed by atoms with Gasteiger partial charge in [0.15, 0.2) is 0 Å². The van der Waals surface area contributed by atoms with Crippen LogP contribution in [0.5, 0.6) is 5.75 Å². The van der Waals surface area contributed by atoms with Crippen molar-refractivity contribution in [2.75, 3.05) is 20.2 Å². The maximum absolute atomic E-state index is 13.0. The Hall–Kier alpha value is -2.67. The van der Waals surface area contributed by atoms with Crippen molar-refractivity contribution in [1.82, 2.24) is 14.9 Å². The van der Waals surface area contributed by atoms with Gasteiger partial charge in [0.05, 0.1) is 18.9 Å². The molecule has 1 amide bonds. The lowest BCUT2D eigenvalue weighted by atomic mass is 9.95. The molecule has 1 aliphatic carbocycles. The number of aromatic nitrogens is 2. The van der Waals surface area contributed by atoms with E-state index < -0.39 is 0 Å². The molecule has 1 unspecified atom stereocenters. The lowest BCUT2D eigenvalue weighted by molar-refractivity contribution is -0.131. The van der Waals surface area contributed by atoms with Gasteiger partial charge >= 0.3 is 0 Å². The summed E-state index contributed by atoms with van der Waals surface area (Å²) in [6.45, 7) is 1.33. The first-order valence-corrected chi connectivity index (χ1v) is 11.9. The summed E-state index contributed by atoms with van der Waals surface area (Å²) in [6, 6.07) is 7.65. The first kappa shape index (κ1) is 20.2. The number of hydrogen-bond acceptors (Lipinski definition) is 5. The van der Waals surface area contributed by atoms with Crippen molar-refractivity contribution in [3.8, 4) is 5.75 Å². The predicted octanol–water partition coefficient (Wildman–Crippen LogP) is 3.82. The van der Waals surface area contributed by atoms with Crippen molar-refractivity contribution in [2.45, 2.75) is 50.9 Å². The van der Waals surface area contributed by atoms with Crippen LogP contribution < -0.4 is 10.3 Å². The molecule has 1 N–H and O–H groups in total. The summed E-state index contributed by atoms with van der Waals surface area (Å²) in [5.74, 6) is 1.62. The molecule has 1 aromatic carbocycles. The van der Waals surface area contributed by atoms with Gasteiger partial charge in [-0.05, 0) is 50.2 Å². The van der Waals surface area contributed by atoms with Gasteiger partial charge in [0.1, 0.15) is 16.4 Å². The smallest absolute Gasteiger partial charge is 0.259 e. The molecule has 2 aromatic heterocycles. The summed E-state index contributed by atoms with van der Waals surface area (Å²) in [5, 5.41) is 0.795. The zero-order valence-electron chi connectivity index (χ0n) is 17.8. The molecule has 31 heavy (non-hydrogen) atoms. The Labute approximate surface area is 185 Å². The van der Waals surface area contributed by atoms with Crippen LogP contribution in [0.2, 0.25) is 0 Å². The third-order valence-corrected chi connectivity index (χ3v) is 7.72. The summed E-state index contributed by atoms with van der Waals surface area (Å²) in [7, 11) is 1.63. The molecule has 0 spiro atoms. The Bertz CT molecular complexity index is 1180. The number of H-pyrrole nitrogens is 1. The van der Waals surface area contributed by atoms with E-state index in [2.05, 4.69) is 4.98 Å². The fourth-order valence-corrected chi connectivity index (χ4v) is 6.19. The maximum Gasteiger partial charge on any atom is 0.259 e. The number of nitrogens with one attached hydrogen (secondary N) is 1. The summed E-state index contributed by atoms with van der Waals surface area (Å²) in [6.07, 6.45) is 6.52. The fraction of sp³-hybridized carbons (Fsp3) is 0.458. The molecular weight excluding hydrogens is 410 g/mol. The van der Waals surface area contributed by atoms with Crippen LogP contribution in [0.3, 0.4) is 0 Å². The van der Waals surface area contributed by atoms with Gasteiger partial charge in [0.25, 0.3) is 5.56 Å². The molecule has 0 radical (unpaired) electrons. The number of benzene rings is 1. The first-order chi connectivity index (χ1) is 15.1. The molecule has 2 aliphatic rings. The van der Waals surface area contributed by atoms with Crippen LogP contribution in [0, 0.1) is 0 Å². The molecular formula is C24H27N3O3S. The van der Waals surface area contributed by atoms with Crippen LogP contribution in [-0.4, -0.2) is 41.0 Å². The molecule has 1 atom stereocenters. The molecule has 6 nitrogen and oxygen atoms in total. The Morgan fingerprint density at radius 2 is 2.10 bits per heavy atom. The van der Waals surface area contributed by atoms with Crippen molar-refractivity contribution >= 4 is 27.5 Å². The summed E-state index contributed by atoms with van der Waals surface area (Å²) in [4.78, 5) is 38.0. The Morgan fingerprint density at radius 3 is 2.97 bits per heavy atom. The van der Waals surface area contributed by atoms with E-state index in [4.69, 9.17) is 9.72 Å². The summed E-state index contributed by atoms with van der Waals surface area (Å²) < 4.78 is 5.39. The van der Waals surface area contributed by atoms with Crippen LogP contribution in [0.15, 0.2) is 29.1 Å². The number of methoxy groups -OCH3 is 1. The standard InChI is InChI=1S/C24H27N3O3S/c1-30-18-10-4-2-7-15(18)13-20(28)27-12-6-8-16(14-27)22-25-23(29)21-17-9-3-5-11-19(17)31-24(21)26-22/h2,4,7,10,16H,3,5-6,8-9,11-14H2,1H3,(H,25,26,29). The van der Waals surface area contributed by atoms with Gasteiger partial charge in [-0.1, -0.05) is 18.2 Å². The predicted molar refractivity (Wildman–Crippen MR) is 122 cm³/mol. The summed E-state index contributed by atoms with van der Waals surface area (Å²) >= 11 is 1.68. The second-order valence-corrected chi connectivity index (χ2v) is 9.59. The molecule has 0 saturated carbocycles. The largest absolute Gasteiger partial charge is 0.496 e. The number of carbonyl (C=O) groups excluding carboxylic acids is 1. The molecule has 3 aromatic rings. The number of carbonyl (C=O) groups is 1. The number of likely N-dealkylation sites (tertiary alicyclic amines) is 1. The number of para-hydroxylation sites is 1. The van der Waals surface area contributed by atoms with Crippen LogP contribution in [0.4, 0.5) is 0 Å². The normalized spacial score (nSPS) is 18.7. The van der Waals surface area contributed by atoms with E-state index in [9.17, 15) is 9.59 Å². The number of fused-ring (bicyclic) bond motifs is 3. The average molecular weight is 438 g/mol. The lowest BCUT2D eigenvalue weighted by Gasteiger charge is -2.32. The number of nitrogens with zero attached hydrogens (tertiary/aromatic N) is 2. The molecule has 1 aliphatic heterocycles. The van der Waals surface area contributed by atoms with E-state index in [0.29, 0.717) is 13.0 Å². The number of ether oxygens (including phenoxy) is 1. The van der Waals surface area contributed by atoms with Crippen molar-refractivity contribution < 1.29 is 9.53 Å². The number of rotatable bonds is 4. The van der Waals surface area contributed by atoms with Gasteiger partial charge in [0, 0.05) is 29.4 Å². The van der Waals surface area contributed by atoms with Gasteiger partial charge in [-0.2, -0.15) is 0 Å². The minimum atomic E-state index is -0.0168. The van der Waals surface area contributed by atoms with Crippen molar-refractivity contribution in [3.63, 3.8) is 0 Å². The summed E-state index contributed by atoms with van der Waals surface area (Å²) in [5.41, 5.74) is 2.09. The van der Waals surface area contributed by atoms with Crippen LogP contribution in [-0.2, 0) is 24.1 Å². The molecule has 0 bridgehead atoms. The van der Waals surface area contributed by atoms with E-state index in [1.807, 2.05) is 29.2 Å². The van der Waals surface area contributed by atoms with Gasteiger partial charge in [-0.3, -0.25) is 9.59 Å². The van der Waals surface area contributed by atoms with Crippen molar-refractivity contribution in [1.29, 1.82) is 0 Å². The molecule has 5 rings (SSSR count). The number of hydrogen-bond donors (Lipinski definition) is 1. The number of aromatic amines is 1. The number of piperidine rings is 1. The number of aryl methyl sites for hydroxylation is 2. The van der Waals surface area contributed by atoms with E-state index in [1.165, 1.54) is 16.9 Å². The van der Waals surface area contributed by atoms with Gasteiger partial charge in [0.2, 0.25) is 5.91 Å². The highest BCUT2D eigenvalue weighted by molar-refractivity contribution is 7.18. The third-order valence-electron chi connectivity index (χ3n) is 6.54. The van der Waals surface area contributed by atoms with E-state index >= 15 is 0 Å². The zero-order chi connectivity index (χ0) is 21.4. The average Bonchev–Trinajstić information content (AvgIpc) is 3.18. The lowest BCUT2D eigenvalue weighted by Crippen LogP contribution is -2.40. The monoisotopic (exact) mass is 437 g/mol. The number of thiophene rings is 1. The first-order valence-electron chi connectivity index (χ1n) is 11.1.